The summed E-state index contributed by atoms with van der Waals surface area (Å²) >= 11 is 0. The van der Waals surface area contributed by atoms with Gasteiger partial charge in [0.15, 0.2) is 0 Å². The highest BCUT2D eigenvalue weighted by molar-refractivity contribution is 5.24. The van der Waals surface area contributed by atoms with E-state index in [0.29, 0.717) is 5.92 Å². The molecule has 1 aromatic rings. The largest absolute Gasteiger partial charge is 0.365 e. The van der Waals surface area contributed by atoms with Gasteiger partial charge in [0, 0.05) is 12.0 Å². The number of hydrogen-bond acceptors (Lipinski definition) is 1. The highest BCUT2D eigenvalue weighted by Crippen LogP contribution is 2.42. The Morgan fingerprint density at radius 1 is 1.05 bits per heavy atom. The fourth-order valence-corrected chi connectivity index (χ4v) is 3.49. The van der Waals surface area contributed by atoms with Crippen LogP contribution in [-0.4, -0.2) is 6.10 Å². The van der Waals surface area contributed by atoms with Crippen LogP contribution in [0.5, 0.6) is 0 Å². The number of ether oxygens (including phenoxy) is 1. The second kappa shape index (κ2) is 5.77. The van der Waals surface area contributed by atoms with Crippen LogP contribution >= 0.6 is 0 Å². The molecule has 2 aliphatic rings. The van der Waals surface area contributed by atoms with E-state index in [9.17, 15) is 0 Å². The van der Waals surface area contributed by atoms with Gasteiger partial charge < -0.3 is 4.74 Å². The zero-order valence-electron chi connectivity index (χ0n) is 11.5. The van der Waals surface area contributed by atoms with Crippen LogP contribution in [0.15, 0.2) is 48.2 Å². The zero-order valence-corrected chi connectivity index (χ0v) is 11.5. The lowest BCUT2D eigenvalue weighted by Crippen LogP contribution is -2.23. The minimum Gasteiger partial charge on any atom is -0.365 e. The Bertz CT molecular complexity index is 464. The van der Waals surface area contributed by atoms with Crippen LogP contribution in [0.4, 0.5) is 0 Å². The Balaban J connectivity index is 1.77. The van der Waals surface area contributed by atoms with Crippen molar-refractivity contribution in [2.75, 3.05) is 0 Å². The second-order valence-electron chi connectivity index (χ2n) is 5.76. The first-order valence-corrected chi connectivity index (χ1v) is 7.47. The average molecular weight is 254 g/mol. The Hall–Kier alpha value is -1.30. The van der Waals surface area contributed by atoms with Crippen molar-refractivity contribution in [2.45, 2.75) is 50.7 Å². The molecule has 1 saturated heterocycles. The molecule has 0 aromatic heterocycles. The molecule has 0 amide bonds. The molecule has 0 spiro atoms. The van der Waals surface area contributed by atoms with Crippen molar-refractivity contribution in [3.63, 3.8) is 0 Å². The van der Waals surface area contributed by atoms with Crippen molar-refractivity contribution >= 4 is 0 Å². The van der Waals surface area contributed by atoms with Gasteiger partial charge in [-0.2, -0.15) is 0 Å². The molecule has 1 aliphatic carbocycles. The van der Waals surface area contributed by atoms with Crippen molar-refractivity contribution in [1.29, 1.82) is 0 Å². The van der Waals surface area contributed by atoms with E-state index < -0.39 is 0 Å². The monoisotopic (exact) mass is 254 g/mol. The number of hydrogen-bond donors (Lipinski definition) is 0. The predicted octanol–water partition coefficient (Wildman–Crippen LogP) is 4.81. The molecule has 0 radical (unpaired) electrons. The van der Waals surface area contributed by atoms with E-state index in [4.69, 9.17) is 4.74 Å². The van der Waals surface area contributed by atoms with Crippen LogP contribution in [0.1, 0.15) is 50.2 Å². The molecule has 1 saturated carbocycles. The van der Waals surface area contributed by atoms with Gasteiger partial charge in [-0.05, 0) is 24.3 Å². The first-order chi connectivity index (χ1) is 9.38. The normalized spacial score (nSPS) is 28.3. The van der Waals surface area contributed by atoms with Gasteiger partial charge in [-0.15, -0.1) is 5.73 Å². The zero-order chi connectivity index (χ0) is 13.1. The first-order valence-electron chi connectivity index (χ1n) is 7.47. The predicted molar refractivity (Wildman–Crippen MR) is 77.9 cm³/mol. The first kappa shape index (κ1) is 12.7. The van der Waals surface area contributed by atoms with Crippen molar-refractivity contribution in [3.05, 3.63) is 53.8 Å². The van der Waals surface area contributed by atoms with Crippen molar-refractivity contribution in [1.82, 2.24) is 0 Å². The third-order valence-corrected chi connectivity index (χ3v) is 4.54. The molecule has 1 aliphatic heterocycles. The molecule has 2 atom stereocenters. The van der Waals surface area contributed by atoms with Gasteiger partial charge in [0.25, 0.3) is 0 Å². The van der Waals surface area contributed by atoms with E-state index >= 15 is 0 Å². The Morgan fingerprint density at radius 2 is 1.79 bits per heavy atom. The summed E-state index contributed by atoms with van der Waals surface area (Å²) in [5.74, 6) is 0.687. The maximum atomic E-state index is 6.35. The van der Waals surface area contributed by atoms with Crippen LogP contribution < -0.4 is 0 Å². The molecule has 0 N–H and O–H groups in total. The summed E-state index contributed by atoms with van der Waals surface area (Å²) in [7, 11) is 0. The summed E-state index contributed by atoms with van der Waals surface area (Å²) < 4.78 is 6.35. The maximum Gasteiger partial charge on any atom is 0.0896 e. The maximum absolute atomic E-state index is 6.35. The standard InChI is InChI=1S/C18H22O/c1-2-14-13-17(15-9-5-3-6-10-15)19-18(14)16-11-7-4-8-12-16/h3,5-6,9-10,16-18H,1,4,7-8,11-13H2. The summed E-state index contributed by atoms with van der Waals surface area (Å²) in [6, 6.07) is 10.6. The highest BCUT2D eigenvalue weighted by atomic mass is 16.5. The molecule has 1 heteroatoms. The molecule has 0 bridgehead atoms. The van der Waals surface area contributed by atoms with Crippen LogP contribution in [0.2, 0.25) is 0 Å². The SMILES string of the molecule is C=C=C1CC(c2ccccc2)OC1C1CCCCC1. The third kappa shape index (κ3) is 2.68. The lowest BCUT2D eigenvalue weighted by Gasteiger charge is -2.27. The smallest absolute Gasteiger partial charge is 0.0896 e. The lowest BCUT2D eigenvalue weighted by atomic mass is 9.83. The molecule has 3 rings (SSSR count). The molecule has 1 aromatic carbocycles. The number of rotatable bonds is 2. The van der Waals surface area contributed by atoms with Crippen molar-refractivity contribution < 1.29 is 4.74 Å². The van der Waals surface area contributed by atoms with Gasteiger partial charge in [0.1, 0.15) is 0 Å². The number of benzene rings is 1. The van der Waals surface area contributed by atoms with Crippen LogP contribution in [0.25, 0.3) is 0 Å². The van der Waals surface area contributed by atoms with E-state index in [1.807, 2.05) is 0 Å². The molecule has 2 fully saturated rings. The molecule has 19 heavy (non-hydrogen) atoms. The van der Waals surface area contributed by atoms with Gasteiger partial charge in [-0.25, -0.2) is 0 Å². The summed E-state index contributed by atoms with van der Waals surface area (Å²) in [4.78, 5) is 0. The van der Waals surface area contributed by atoms with E-state index in [-0.39, 0.29) is 12.2 Å². The molecule has 1 heterocycles. The van der Waals surface area contributed by atoms with Gasteiger partial charge >= 0.3 is 0 Å². The lowest BCUT2D eigenvalue weighted by molar-refractivity contribution is 0.00924. The fourth-order valence-electron chi connectivity index (χ4n) is 3.49. The van der Waals surface area contributed by atoms with Crippen molar-refractivity contribution in [2.24, 2.45) is 5.92 Å². The van der Waals surface area contributed by atoms with E-state index in [0.717, 1.165) is 6.42 Å². The molecular formula is C18H22O. The Morgan fingerprint density at radius 3 is 2.47 bits per heavy atom. The second-order valence-corrected chi connectivity index (χ2v) is 5.76. The minimum atomic E-state index is 0.206. The van der Waals surface area contributed by atoms with Gasteiger partial charge in [-0.1, -0.05) is 56.2 Å². The van der Waals surface area contributed by atoms with Crippen LogP contribution in [0, 0.1) is 5.92 Å². The molecule has 1 nitrogen and oxygen atoms in total. The topological polar surface area (TPSA) is 9.23 Å². The van der Waals surface area contributed by atoms with E-state index in [1.165, 1.54) is 43.2 Å². The fraction of sp³-hybridized carbons (Fsp3) is 0.500. The third-order valence-electron chi connectivity index (χ3n) is 4.54. The summed E-state index contributed by atoms with van der Waals surface area (Å²) in [6.45, 7) is 3.87. The van der Waals surface area contributed by atoms with Crippen LogP contribution in [0.3, 0.4) is 0 Å². The quantitative estimate of drug-likeness (QED) is 0.688. The molecular weight excluding hydrogens is 232 g/mol. The van der Waals surface area contributed by atoms with Gasteiger partial charge in [0.2, 0.25) is 0 Å². The summed E-state index contributed by atoms with van der Waals surface area (Å²) in [5.41, 5.74) is 5.73. The summed E-state index contributed by atoms with van der Waals surface area (Å²) in [6.07, 6.45) is 8.14. The summed E-state index contributed by atoms with van der Waals surface area (Å²) in [5, 5.41) is 0. The van der Waals surface area contributed by atoms with E-state index in [1.54, 1.807) is 0 Å². The Kier molecular flexibility index (Phi) is 3.87. The van der Waals surface area contributed by atoms with Crippen molar-refractivity contribution in [3.8, 4) is 0 Å². The van der Waals surface area contributed by atoms with Gasteiger partial charge in [-0.3, -0.25) is 0 Å². The van der Waals surface area contributed by atoms with Crippen LogP contribution in [-0.2, 0) is 4.74 Å². The molecule has 2 unspecified atom stereocenters. The van der Waals surface area contributed by atoms with Gasteiger partial charge in [0.05, 0.1) is 12.2 Å². The highest BCUT2D eigenvalue weighted by Gasteiger charge is 2.36. The Labute approximate surface area is 116 Å². The minimum absolute atomic E-state index is 0.206. The average Bonchev–Trinajstić information content (AvgIpc) is 2.93. The molecule has 100 valence electrons. The van der Waals surface area contributed by atoms with E-state index in [2.05, 4.69) is 42.6 Å².